The minimum atomic E-state index is 1.13. The molecule has 37 heavy (non-hydrogen) atoms. The van der Waals surface area contributed by atoms with E-state index in [4.69, 9.17) is 0 Å². The molecule has 0 aliphatic rings. The number of hydrogen-bond donors (Lipinski definition) is 0. The van der Waals surface area contributed by atoms with E-state index in [9.17, 15) is 0 Å². The number of rotatable bonds is 5. The van der Waals surface area contributed by atoms with Crippen molar-refractivity contribution in [1.29, 1.82) is 0 Å². The van der Waals surface area contributed by atoms with Crippen LogP contribution in [-0.4, -0.2) is 0 Å². The van der Waals surface area contributed by atoms with Gasteiger partial charge in [0.2, 0.25) is 0 Å². The first-order chi connectivity index (χ1) is 18.0. The SMILES string of the molecule is CCCCCCc1ccc(C#Cc2cc3cc4sc5cc6cc(C)c(C)cc6cc5c4cc3cc2C)s1. The van der Waals surface area contributed by atoms with Gasteiger partial charge in [0.05, 0.1) is 4.88 Å². The molecule has 0 bridgehead atoms. The van der Waals surface area contributed by atoms with Crippen LogP contribution in [0, 0.1) is 32.6 Å². The Balaban J connectivity index is 1.35. The fraction of sp³-hybridized carbons (Fsp3) is 0.257. The van der Waals surface area contributed by atoms with E-state index < -0.39 is 0 Å². The molecule has 0 nitrogen and oxygen atoms in total. The van der Waals surface area contributed by atoms with E-state index in [-0.39, 0.29) is 0 Å². The topological polar surface area (TPSA) is 0 Å². The van der Waals surface area contributed by atoms with E-state index in [1.165, 1.54) is 100 Å². The molecule has 0 saturated heterocycles. The van der Waals surface area contributed by atoms with Crippen molar-refractivity contribution in [2.75, 3.05) is 0 Å². The summed E-state index contributed by atoms with van der Waals surface area (Å²) < 4.78 is 2.71. The highest BCUT2D eigenvalue weighted by Crippen LogP contribution is 2.39. The number of aryl methyl sites for hydroxylation is 4. The van der Waals surface area contributed by atoms with E-state index in [2.05, 4.69) is 100 Å². The second-order valence-electron chi connectivity index (χ2n) is 10.4. The van der Waals surface area contributed by atoms with Gasteiger partial charge in [0.25, 0.3) is 0 Å². The Hall–Kier alpha value is -3.12. The van der Waals surface area contributed by atoms with E-state index in [1.807, 2.05) is 22.7 Å². The molecule has 0 atom stereocenters. The van der Waals surface area contributed by atoms with E-state index in [0.29, 0.717) is 0 Å². The van der Waals surface area contributed by atoms with Crippen molar-refractivity contribution in [3.05, 3.63) is 92.7 Å². The third kappa shape index (κ3) is 4.79. The second-order valence-corrected chi connectivity index (χ2v) is 12.7. The van der Waals surface area contributed by atoms with Crippen LogP contribution in [0.25, 0.3) is 41.7 Å². The number of fused-ring (bicyclic) bond motifs is 5. The van der Waals surface area contributed by atoms with Crippen molar-refractivity contribution in [2.24, 2.45) is 0 Å². The molecule has 0 saturated carbocycles. The summed E-state index contributed by atoms with van der Waals surface area (Å²) in [5.74, 6) is 6.93. The zero-order valence-corrected chi connectivity index (χ0v) is 23.8. The molecule has 184 valence electrons. The zero-order chi connectivity index (χ0) is 25.5. The number of benzene rings is 4. The van der Waals surface area contributed by atoms with Gasteiger partial charge in [0, 0.05) is 30.6 Å². The molecule has 0 amide bonds. The van der Waals surface area contributed by atoms with Gasteiger partial charge in [-0.2, -0.15) is 0 Å². The van der Waals surface area contributed by atoms with Crippen molar-refractivity contribution in [2.45, 2.75) is 59.8 Å². The molecule has 2 heterocycles. The van der Waals surface area contributed by atoms with Gasteiger partial charge < -0.3 is 0 Å². The number of thiophene rings is 2. The van der Waals surface area contributed by atoms with Crippen LogP contribution in [-0.2, 0) is 6.42 Å². The lowest BCUT2D eigenvalue weighted by Gasteiger charge is -2.05. The highest BCUT2D eigenvalue weighted by atomic mass is 32.1. The van der Waals surface area contributed by atoms with Gasteiger partial charge in [-0.15, -0.1) is 22.7 Å². The van der Waals surface area contributed by atoms with Crippen molar-refractivity contribution in [1.82, 2.24) is 0 Å². The van der Waals surface area contributed by atoms with E-state index in [1.54, 1.807) is 0 Å². The van der Waals surface area contributed by atoms with E-state index in [0.717, 1.165) is 5.56 Å². The van der Waals surface area contributed by atoms with Gasteiger partial charge in [-0.05, 0) is 114 Å². The first kappa shape index (κ1) is 24.2. The van der Waals surface area contributed by atoms with Gasteiger partial charge in [-0.25, -0.2) is 0 Å². The predicted molar refractivity (Wildman–Crippen MR) is 167 cm³/mol. The highest BCUT2D eigenvalue weighted by Gasteiger charge is 2.10. The lowest BCUT2D eigenvalue weighted by molar-refractivity contribution is 0.670. The first-order valence-electron chi connectivity index (χ1n) is 13.4. The summed E-state index contributed by atoms with van der Waals surface area (Å²) >= 11 is 3.75. The average molecular weight is 517 g/mol. The van der Waals surface area contributed by atoms with E-state index >= 15 is 0 Å². The molecule has 0 aliphatic carbocycles. The Morgan fingerprint density at radius 3 is 1.89 bits per heavy atom. The molecule has 0 radical (unpaired) electrons. The fourth-order valence-corrected chi connectivity index (χ4v) is 7.35. The third-order valence-corrected chi connectivity index (χ3v) is 9.78. The summed E-state index contributed by atoms with van der Waals surface area (Å²) in [4.78, 5) is 2.63. The average Bonchev–Trinajstić information content (AvgIpc) is 3.47. The Bertz CT molecular complexity index is 1850. The van der Waals surface area contributed by atoms with Gasteiger partial charge in [-0.3, -0.25) is 0 Å². The van der Waals surface area contributed by atoms with Gasteiger partial charge in [0.15, 0.2) is 0 Å². The maximum absolute atomic E-state index is 3.48. The zero-order valence-electron chi connectivity index (χ0n) is 22.1. The smallest absolute Gasteiger partial charge is 0.0775 e. The van der Waals surface area contributed by atoms with Crippen molar-refractivity contribution < 1.29 is 0 Å². The van der Waals surface area contributed by atoms with Gasteiger partial charge in [0.1, 0.15) is 0 Å². The summed E-state index contributed by atoms with van der Waals surface area (Å²) in [6.45, 7) is 8.85. The standard InChI is InChI=1S/C35H32S2/c1-5-6-7-8-9-30-12-13-31(36-30)11-10-25-17-29-21-35-33(19-27(29)16-24(25)4)32-18-26-14-22(2)23(3)15-28(26)20-34(32)37-35/h12-21H,5-9H2,1-4H3. The molecular weight excluding hydrogens is 485 g/mol. The molecule has 4 aromatic carbocycles. The Morgan fingerprint density at radius 2 is 1.22 bits per heavy atom. The summed E-state index contributed by atoms with van der Waals surface area (Å²) in [6, 6.07) is 23.2. The van der Waals surface area contributed by atoms with Crippen LogP contribution in [0.3, 0.4) is 0 Å². The van der Waals surface area contributed by atoms with Crippen LogP contribution in [0.15, 0.2) is 60.7 Å². The Morgan fingerprint density at radius 1 is 0.595 bits per heavy atom. The Kier molecular flexibility index (Phi) is 6.53. The minimum Gasteiger partial charge on any atom is -0.135 e. The van der Waals surface area contributed by atoms with Gasteiger partial charge in [-0.1, -0.05) is 56.2 Å². The third-order valence-electron chi connectivity index (χ3n) is 7.60. The fourth-order valence-electron chi connectivity index (χ4n) is 5.28. The second kappa shape index (κ2) is 9.97. The van der Waals surface area contributed by atoms with Crippen LogP contribution < -0.4 is 0 Å². The summed E-state index contributed by atoms with van der Waals surface area (Å²) in [5.41, 5.74) is 5.08. The lowest BCUT2D eigenvalue weighted by atomic mass is 9.98. The maximum Gasteiger partial charge on any atom is 0.0775 e. The molecule has 0 N–H and O–H groups in total. The van der Waals surface area contributed by atoms with Crippen molar-refractivity contribution in [3.8, 4) is 11.8 Å². The first-order valence-corrected chi connectivity index (χ1v) is 15.0. The lowest BCUT2D eigenvalue weighted by Crippen LogP contribution is -1.84. The molecule has 2 heteroatoms. The summed E-state index contributed by atoms with van der Waals surface area (Å²) in [7, 11) is 0. The van der Waals surface area contributed by atoms with Crippen LogP contribution in [0.2, 0.25) is 0 Å². The largest absolute Gasteiger partial charge is 0.135 e. The van der Waals surface area contributed by atoms with Crippen LogP contribution in [0.4, 0.5) is 0 Å². The predicted octanol–water partition coefficient (Wildman–Crippen LogP) is 10.9. The summed E-state index contributed by atoms with van der Waals surface area (Å²) in [5, 5.41) is 7.94. The van der Waals surface area contributed by atoms with Crippen LogP contribution in [0.5, 0.6) is 0 Å². The molecule has 0 fully saturated rings. The van der Waals surface area contributed by atoms with Crippen LogP contribution >= 0.6 is 22.7 Å². The minimum absolute atomic E-state index is 1.13. The molecule has 0 unspecified atom stereocenters. The molecule has 6 rings (SSSR count). The van der Waals surface area contributed by atoms with Gasteiger partial charge >= 0.3 is 0 Å². The maximum atomic E-state index is 3.48. The molecule has 2 aromatic heterocycles. The molecule has 0 aliphatic heterocycles. The van der Waals surface area contributed by atoms with Crippen molar-refractivity contribution >= 4 is 64.4 Å². The monoisotopic (exact) mass is 516 g/mol. The molecular formula is C35H32S2. The normalized spacial score (nSPS) is 11.6. The van der Waals surface area contributed by atoms with Crippen molar-refractivity contribution in [3.63, 3.8) is 0 Å². The number of unbranched alkanes of at least 4 members (excludes halogenated alkanes) is 3. The highest BCUT2D eigenvalue weighted by molar-refractivity contribution is 7.26. The molecule has 0 spiro atoms. The summed E-state index contributed by atoms with van der Waals surface area (Å²) in [6.07, 6.45) is 6.42. The van der Waals surface area contributed by atoms with Crippen LogP contribution in [0.1, 0.15) is 64.6 Å². The number of hydrogen-bond acceptors (Lipinski definition) is 2. The molecule has 6 aromatic rings. The Labute approximate surface area is 228 Å². The quantitative estimate of drug-likeness (QED) is 0.158.